The van der Waals surface area contributed by atoms with Crippen LogP contribution in [0.1, 0.15) is 24.6 Å². The molecule has 0 unspecified atom stereocenters. The first-order chi connectivity index (χ1) is 9.08. The summed E-state index contributed by atoms with van der Waals surface area (Å²) in [4.78, 5) is 10.8. The lowest BCUT2D eigenvalue weighted by Gasteiger charge is -2.04. The molecule has 102 valence electrons. The van der Waals surface area contributed by atoms with Crippen molar-refractivity contribution in [3.63, 3.8) is 0 Å². The first kappa shape index (κ1) is 13.5. The first-order valence-corrected chi connectivity index (χ1v) is 6.44. The fourth-order valence-corrected chi connectivity index (χ4v) is 2.62. The van der Waals surface area contributed by atoms with Gasteiger partial charge in [0, 0.05) is 23.6 Å². The Bertz CT molecular complexity index is 613. The standard InChI is InChI=1S/C15H19NO3/c1-4-11-12-9-10(19-3)5-6-14(12)16(2)13(11)7-8-15(17)18/h5-6,9H,4,7-8H2,1-3H3,(H,17,18). The van der Waals surface area contributed by atoms with E-state index in [-0.39, 0.29) is 6.42 Å². The third-order valence-electron chi connectivity index (χ3n) is 3.57. The van der Waals surface area contributed by atoms with E-state index in [9.17, 15) is 4.79 Å². The number of hydrogen-bond acceptors (Lipinski definition) is 2. The van der Waals surface area contributed by atoms with Crippen molar-refractivity contribution in [2.45, 2.75) is 26.2 Å². The summed E-state index contributed by atoms with van der Waals surface area (Å²) in [5, 5.41) is 10.0. The van der Waals surface area contributed by atoms with Crippen molar-refractivity contribution in [1.29, 1.82) is 0 Å². The number of carbonyl (C=O) groups is 1. The van der Waals surface area contributed by atoms with Crippen LogP contribution in [0.25, 0.3) is 10.9 Å². The predicted octanol–water partition coefficient (Wildman–Crippen LogP) is 2.77. The Morgan fingerprint density at radius 3 is 2.74 bits per heavy atom. The summed E-state index contributed by atoms with van der Waals surface area (Å²) in [5.41, 5.74) is 3.45. The van der Waals surface area contributed by atoms with Crippen molar-refractivity contribution in [3.8, 4) is 5.75 Å². The quantitative estimate of drug-likeness (QED) is 0.900. The van der Waals surface area contributed by atoms with Crippen molar-refractivity contribution in [1.82, 2.24) is 4.57 Å². The second-order valence-electron chi connectivity index (χ2n) is 4.61. The minimum absolute atomic E-state index is 0.161. The number of benzene rings is 1. The van der Waals surface area contributed by atoms with Gasteiger partial charge in [-0.2, -0.15) is 0 Å². The molecular weight excluding hydrogens is 242 g/mol. The maximum absolute atomic E-state index is 10.8. The number of methoxy groups -OCH3 is 1. The molecule has 0 amide bonds. The third kappa shape index (κ3) is 2.43. The lowest BCUT2D eigenvalue weighted by Crippen LogP contribution is -2.04. The topological polar surface area (TPSA) is 51.5 Å². The Kier molecular flexibility index (Phi) is 3.79. The summed E-state index contributed by atoms with van der Waals surface area (Å²) >= 11 is 0. The Labute approximate surface area is 112 Å². The molecule has 1 aromatic carbocycles. The largest absolute Gasteiger partial charge is 0.497 e. The molecule has 0 bridgehead atoms. The first-order valence-electron chi connectivity index (χ1n) is 6.44. The number of hydrogen-bond donors (Lipinski definition) is 1. The normalized spacial score (nSPS) is 10.9. The van der Waals surface area contributed by atoms with Crippen LogP contribution < -0.4 is 4.74 Å². The van der Waals surface area contributed by atoms with Crippen LogP contribution in [-0.4, -0.2) is 22.8 Å². The van der Waals surface area contributed by atoms with Crippen LogP contribution in [-0.2, 0) is 24.7 Å². The van der Waals surface area contributed by atoms with E-state index in [4.69, 9.17) is 9.84 Å². The number of carboxylic acid groups (broad SMARTS) is 1. The second-order valence-corrected chi connectivity index (χ2v) is 4.61. The van der Waals surface area contributed by atoms with Crippen molar-refractivity contribution in [2.24, 2.45) is 7.05 Å². The van der Waals surface area contributed by atoms with Crippen molar-refractivity contribution in [3.05, 3.63) is 29.5 Å². The van der Waals surface area contributed by atoms with Crippen molar-refractivity contribution in [2.75, 3.05) is 7.11 Å². The van der Waals surface area contributed by atoms with Gasteiger partial charge in [0.25, 0.3) is 0 Å². The Balaban J connectivity index is 2.56. The average Bonchev–Trinajstić information content (AvgIpc) is 2.67. The summed E-state index contributed by atoms with van der Waals surface area (Å²) in [6.07, 6.45) is 1.61. The highest BCUT2D eigenvalue weighted by atomic mass is 16.5. The molecule has 0 radical (unpaired) electrons. The maximum atomic E-state index is 10.8. The van der Waals surface area contributed by atoms with E-state index >= 15 is 0 Å². The SMILES string of the molecule is CCc1c(CCC(=O)O)n(C)c2ccc(OC)cc12. The number of nitrogens with zero attached hydrogens (tertiary/aromatic N) is 1. The molecule has 0 aliphatic rings. The van der Waals surface area contributed by atoms with Gasteiger partial charge in [-0.25, -0.2) is 0 Å². The molecule has 1 aromatic heterocycles. The molecule has 2 rings (SSSR count). The van der Waals surface area contributed by atoms with Crippen molar-refractivity contribution >= 4 is 16.9 Å². The number of carboxylic acids is 1. The van der Waals surface area contributed by atoms with E-state index in [2.05, 4.69) is 11.5 Å². The molecule has 0 spiro atoms. The summed E-state index contributed by atoms with van der Waals surface area (Å²) in [5.74, 6) is 0.0717. The number of fused-ring (bicyclic) bond motifs is 1. The van der Waals surface area contributed by atoms with Gasteiger partial charge in [0.05, 0.1) is 13.5 Å². The minimum atomic E-state index is -0.759. The van der Waals surface area contributed by atoms with Gasteiger partial charge < -0.3 is 14.4 Å². The predicted molar refractivity (Wildman–Crippen MR) is 74.8 cm³/mol. The average molecular weight is 261 g/mol. The lowest BCUT2D eigenvalue weighted by molar-refractivity contribution is -0.136. The van der Waals surface area contributed by atoms with E-state index < -0.39 is 5.97 Å². The summed E-state index contributed by atoms with van der Waals surface area (Å²) in [6, 6.07) is 5.98. The number of aliphatic carboxylic acids is 1. The van der Waals surface area contributed by atoms with E-state index in [1.54, 1.807) is 7.11 Å². The molecule has 0 atom stereocenters. The fourth-order valence-electron chi connectivity index (χ4n) is 2.62. The molecule has 0 saturated carbocycles. The van der Waals surface area contributed by atoms with Crippen molar-refractivity contribution < 1.29 is 14.6 Å². The number of ether oxygens (including phenoxy) is 1. The van der Waals surface area contributed by atoms with Crippen LogP contribution in [0.5, 0.6) is 5.75 Å². The monoisotopic (exact) mass is 261 g/mol. The molecule has 1 N–H and O–H groups in total. The van der Waals surface area contributed by atoms with Gasteiger partial charge in [0.2, 0.25) is 0 Å². The molecule has 1 heterocycles. The molecule has 4 heteroatoms. The van der Waals surface area contributed by atoms with Gasteiger partial charge in [-0.15, -0.1) is 0 Å². The van der Waals surface area contributed by atoms with E-state index in [1.165, 1.54) is 5.56 Å². The van der Waals surface area contributed by atoms with E-state index in [0.717, 1.165) is 28.8 Å². The Hall–Kier alpha value is -1.97. The molecular formula is C15H19NO3. The van der Waals surface area contributed by atoms with Gasteiger partial charge in [0.15, 0.2) is 0 Å². The Morgan fingerprint density at radius 2 is 2.16 bits per heavy atom. The highest BCUT2D eigenvalue weighted by Gasteiger charge is 2.15. The smallest absolute Gasteiger partial charge is 0.303 e. The molecule has 19 heavy (non-hydrogen) atoms. The van der Waals surface area contributed by atoms with Gasteiger partial charge in [0.1, 0.15) is 5.75 Å². The summed E-state index contributed by atoms with van der Waals surface area (Å²) in [7, 11) is 3.65. The molecule has 0 aliphatic carbocycles. The molecule has 0 saturated heterocycles. The van der Waals surface area contributed by atoms with E-state index in [0.29, 0.717) is 6.42 Å². The van der Waals surface area contributed by atoms with Gasteiger partial charge >= 0.3 is 5.97 Å². The highest BCUT2D eigenvalue weighted by Crippen LogP contribution is 2.30. The number of rotatable bonds is 5. The fraction of sp³-hybridized carbons (Fsp3) is 0.400. The zero-order chi connectivity index (χ0) is 14.0. The van der Waals surface area contributed by atoms with Crippen LogP contribution in [0.15, 0.2) is 18.2 Å². The number of aromatic nitrogens is 1. The molecule has 4 nitrogen and oxygen atoms in total. The lowest BCUT2D eigenvalue weighted by atomic mass is 10.1. The molecule has 2 aromatic rings. The van der Waals surface area contributed by atoms with Gasteiger partial charge in [-0.1, -0.05) is 6.92 Å². The second kappa shape index (κ2) is 5.34. The minimum Gasteiger partial charge on any atom is -0.497 e. The van der Waals surface area contributed by atoms with Crippen LogP contribution >= 0.6 is 0 Å². The van der Waals surface area contributed by atoms with E-state index in [1.807, 2.05) is 25.2 Å². The molecule has 0 aliphatic heterocycles. The van der Waals surface area contributed by atoms with Crippen LogP contribution in [0.3, 0.4) is 0 Å². The van der Waals surface area contributed by atoms with Gasteiger partial charge in [-0.3, -0.25) is 4.79 Å². The van der Waals surface area contributed by atoms with Crippen LogP contribution in [0, 0.1) is 0 Å². The molecule has 0 fully saturated rings. The number of aryl methyl sites for hydroxylation is 2. The third-order valence-corrected chi connectivity index (χ3v) is 3.57. The zero-order valence-electron chi connectivity index (χ0n) is 11.6. The Morgan fingerprint density at radius 1 is 1.42 bits per heavy atom. The highest BCUT2D eigenvalue weighted by molar-refractivity contribution is 5.87. The maximum Gasteiger partial charge on any atom is 0.303 e. The summed E-state index contributed by atoms with van der Waals surface area (Å²) in [6.45, 7) is 2.10. The van der Waals surface area contributed by atoms with Crippen LogP contribution in [0.4, 0.5) is 0 Å². The van der Waals surface area contributed by atoms with Gasteiger partial charge in [-0.05, 0) is 36.6 Å². The van der Waals surface area contributed by atoms with Crippen LogP contribution in [0.2, 0.25) is 0 Å². The zero-order valence-corrected chi connectivity index (χ0v) is 11.6. The summed E-state index contributed by atoms with van der Waals surface area (Å²) < 4.78 is 7.36.